The molecule has 2 amide bonds. The third kappa shape index (κ3) is 6.50. The molecule has 0 aliphatic heterocycles. The number of amides is 2. The Kier molecular flexibility index (Phi) is 9.32. The Labute approximate surface area is 201 Å². The van der Waals surface area contributed by atoms with Crippen molar-refractivity contribution in [2.24, 2.45) is 0 Å². The summed E-state index contributed by atoms with van der Waals surface area (Å²) in [6, 6.07) is 20.6. The number of hydrogen-bond donors (Lipinski definition) is 1. The number of rotatable bonds is 12. The van der Waals surface area contributed by atoms with Crippen LogP contribution in [0.25, 0.3) is 10.8 Å². The summed E-state index contributed by atoms with van der Waals surface area (Å²) in [5, 5.41) is 4.97. The molecular formula is C28H34N2O4. The molecule has 0 saturated carbocycles. The fourth-order valence-corrected chi connectivity index (χ4v) is 3.90. The fraction of sp³-hybridized carbons (Fsp3) is 0.357. The molecule has 0 fully saturated rings. The van der Waals surface area contributed by atoms with Gasteiger partial charge in [-0.25, -0.2) is 0 Å². The largest absolute Gasteiger partial charge is 0.497 e. The van der Waals surface area contributed by atoms with Gasteiger partial charge in [0.05, 0.1) is 7.11 Å². The first-order chi connectivity index (χ1) is 16.6. The van der Waals surface area contributed by atoms with Crippen molar-refractivity contribution in [1.29, 1.82) is 0 Å². The van der Waals surface area contributed by atoms with Gasteiger partial charge in [0.1, 0.15) is 17.5 Å². The van der Waals surface area contributed by atoms with Crippen LogP contribution in [0.15, 0.2) is 66.7 Å². The van der Waals surface area contributed by atoms with Gasteiger partial charge in [0, 0.05) is 18.5 Å². The summed E-state index contributed by atoms with van der Waals surface area (Å²) in [5.41, 5.74) is 0.916. The lowest BCUT2D eigenvalue weighted by molar-refractivity contribution is -0.142. The fourth-order valence-electron chi connectivity index (χ4n) is 3.90. The minimum absolute atomic E-state index is 0.136. The zero-order valence-corrected chi connectivity index (χ0v) is 20.3. The van der Waals surface area contributed by atoms with E-state index >= 15 is 0 Å². The monoisotopic (exact) mass is 462 g/mol. The van der Waals surface area contributed by atoms with E-state index in [0.29, 0.717) is 25.3 Å². The Bertz CT molecular complexity index is 1080. The highest BCUT2D eigenvalue weighted by Crippen LogP contribution is 2.25. The first kappa shape index (κ1) is 25.1. The Morgan fingerprint density at radius 1 is 0.971 bits per heavy atom. The molecule has 3 aromatic carbocycles. The van der Waals surface area contributed by atoms with Crippen molar-refractivity contribution in [3.63, 3.8) is 0 Å². The van der Waals surface area contributed by atoms with Crippen LogP contribution in [0.5, 0.6) is 11.5 Å². The van der Waals surface area contributed by atoms with E-state index in [-0.39, 0.29) is 18.4 Å². The first-order valence-electron chi connectivity index (χ1n) is 11.9. The average molecular weight is 463 g/mol. The summed E-state index contributed by atoms with van der Waals surface area (Å²) < 4.78 is 11.2. The Morgan fingerprint density at radius 2 is 1.71 bits per heavy atom. The van der Waals surface area contributed by atoms with Crippen molar-refractivity contribution in [1.82, 2.24) is 10.2 Å². The second kappa shape index (κ2) is 12.6. The van der Waals surface area contributed by atoms with Crippen LogP contribution < -0.4 is 14.8 Å². The maximum atomic E-state index is 13.4. The van der Waals surface area contributed by atoms with E-state index in [1.807, 2.05) is 73.7 Å². The van der Waals surface area contributed by atoms with E-state index in [0.717, 1.165) is 34.9 Å². The van der Waals surface area contributed by atoms with Crippen LogP contribution in [-0.4, -0.2) is 43.0 Å². The molecule has 6 heteroatoms. The molecule has 0 aliphatic carbocycles. The zero-order chi connectivity index (χ0) is 24.3. The summed E-state index contributed by atoms with van der Waals surface area (Å²) in [7, 11) is 1.61. The lowest BCUT2D eigenvalue weighted by Gasteiger charge is -2.30. The highest BCUT2D eigenvalue weighted by atomic mass is 16.5. The van der Waals surface area contributed by atoms with Crippen LogP contribution in [0.3, 0.4) is 0 Å². The number of nitrogens with zero attached hydrogens (tertiary/aromatic N) is 1. The van der Waals surface area contributed by atoms with Gasteiger partial charge in [0.2, 0.25) is 5.91 Å². The molecule has 180 valence electrons. The number of carbonyl (C=O) groups excluding carboxylic acids is 2. The van der Waals surface area contributed by atoms with E-state index in [1.165, 1.54) is 0 Å². The molecule has 0 bridgehead atoms. The van der Waals surface area contributed by atoms with Crippen LogP contribution in [-0.2, 0) is 16.1 Å². The summed E-state index contributed by atoms with van der Waals surface area (Å²) >= 11 is 0. The van der Waals surface area contributed by atoms with Gasteiger partial charge >= 0.3 is 0 Å². The van der Waals surface area contributed by atoms with Gasteiger partial charge in [-0.05, 0) is 42.0 Å². The quantitative estimate of drug-likeness (QED) is 0.387. The Hall–Kier alpha value is -3.54. The zero-order valence-electron chi connectivity index (χ0n) is 20.3. The lowest BCUT2D eigenvalue weighted by atomic mass is 10.1. The molecule has 0 saturated heterocycles. The summed E-state index contributed by atoms with van der Waals surface area (Å²) in [6.45, 7) is 4.75. The van der Waals surface area contributed by atoms with Crippen LogP contribution in [0, 0.1) is 0 Å². The number of unbranched alkanes of at least 4 members (excludes halogenated alkanes) is 1. The van der Waals surface area contributed by atoms with Crippen molar-refractivity contribution in [3.8, 4) is 11.5 Å². The van der Waals surface area contributed by atoms with Crippen molar-refractivity contribution in [3.05, 3.63) is 72.3 Å². The van der Waals surface area contributed by atoms with Crippen molar-refractivity contribution < 1.29 is 19.1 Å². The lowest BCUT2D eigenvalue weighted by Crippen LogP contribution is -2.50. The predicted molar refractivity (Wildman–Crippen MR) is 135 cm³/mol. The summed E-state index contributed by atoms with van der Waals surface area (Å²) in [5.74, 6) is 1.02. The maximum Gasteiger partial charge on any atom is 0.261 e. The minimum Gasteiger partial charge on any atom is -0.497 e. The van der Waals surface area contributed by atoms with Crippen molar-refractivity contribution in [2.75, 3.05) is 20.3 Å². The highest BCUT2D eigenvalue weighted by Gasteiger charge is 2.29. The van der Waals surface area contributed by atoms with E-state index in [2.05, 4.69) is 12.2 Å². The molecule has 0 heterocycles. The molecule has 0 spiro atoms. The first-order valence-corrected chi connectivity index (χ1v) is 11.9. The second-order valence-electron chi connectivity index (χ2n) is 8.20. The average Bonchev–Trinajstić information content (AvgIpc) is 2.87. The van der Waals surface area contributed by atoms with E-state index < -0.39 is 6.04 Å². The minimum atomic E-state index is -0.581. The van der Waals surface area contributed by atoms with Crippen LogP contribution in [0.2, 0.25) is 0 Å². The molecule has 3 aromatic rings. The maximum absolute atomic E-state index is 13.4. The summed E-state index contributed by atoms with van der Waals surface area (Å²) in [6.07, 6.45) is 2.40. The predicted octanol–water partition coefficient (Wildman–Crippen LogP) is 4.95. The molecule has 1 atom stereocenters. The van der Waals surface area contributed by atoms with Gasteiger partial charge in [-0.1, -0.05) is 68.8 Å². The molecule has 34 heavy (non-hydrogen) atoms. The van der Waals surface area contributed by atoms with E-state index in [9.17, 15) is 9.59 Å². The third-order valence-electron chi connectivity index (χ3n) is 5.83. The standard InChI is InChI=1S/C28H34N2O4/c1-4-6-18-29-28(32)25(5-2)30(19-21-14-16-23(33-3)17-15-21)27(31)20-34-26-13-9-11-22-10-7-8-12-24(22)26/h7-17,25H,4-6,18-20H2,1-3H3,(H,29,32)/t25-/m0/s1. The number of fused-ring (bicyclic) bond motifs is 1. The molecule has 0 radical (unpaired) electrons. The topological polar surface area (TPSA) is 67.9 Å². The second-order valence-corrected chi connectivity index (χ2v) is 8.20. The van der Waals surface area contributed by atoms with E-state index in [4.69, 9.17) is 9.47 Å². The molecule has 0 unspecified atom stereocenters. The third-order valence-corrected chi connectivity index (χ3v) is 5.83. The van der Waals surface area contributed by atoms with Gasteiger partial charge < -0.3 is 19.7 Å². The number of benzene rings is 3. The molecule has 0 aromatic heterocycles. The molecule has 3 rings (SSSR count). The van der Waals surface area contributed by atoms with Gasteiger partial charge in [-0.3, -0.25) is 9.59 Å². The number of hydrogen-bond acceptors (Lipinski definition) is 4. The van der Waals surface area contributed by atoms with Crippen LogP contribution in [0.4, 0.5) is 0 Å². The highest BCUT2D eigenvalue weighted by molar-refractivity contribution is 5.90. The normalized spacial score (nSPS) is 11.6. The van der Waals surface area contributed by atoms with Gasteiger partial charge in [0.25, 0.3) is 5.91 Å². The summed E-state index contributed by atoms with van der Waals surface area (Å²) in [4.78, 5) is 28.0. The van der Waals surface area contributed by atoms with Crippen molar-refractivity contribution >= 4 is 22.6 Å². The number of ether oxygens (including phenoxy) is 2. The molecule has 6 nitrogen and oxygen atoms in total. The smallest absolute Gasteiger partial charge is 0.261 e. The van der Waals surface area contributed by atoms with Gasteiger partial charge in [0.15, 0.2) is 6.61 Å². The molecule has 0 aliphatic rings. The van der Waals surface area contributed by atoms with Gasteiger partial charge in [-0.15, -0.1) is 0 Å². The SMILES string of the molecule is CCCCNC(=O)[C@H](CC)N(Cc1ccc(OC)cc1)C(=O)COc1cccc2ccccc12. The molecular weight excluding hydrogens is 428 g/mol. The number of nitrogens with one attached hydrogen (secondary N) is 1. The molecule has 1 N–H and O–H groups in total. The Morgan fingerprint density at radius 3 is 2.41 bits per heavy atom. The number of methoxy groups -OCH3 is 1. The van der Waals surface area contributed by atoms with Gasteiger partial charge in [-0.2, -0.15) is 0 Å². The number of carbonyl (C=O) groups is 2. The van der Waals surface area contributed by atoms with E-state index in [1.54, 1.807) is 12.0 Å². The van der Waals surface area contributed by atoms with Crippen molar-refractivity contribution in [2.45, 2.75) is 45.7 Å². The van der Waals surface area contributed by atoms with Crippen LogP contribution in [0.1, 0.15) is 38.7 Å². The Balaban J connectivity index is 1.80. The van der Waals surface area contributed by atoms with Crippen LogP contribution >= 0.6 is 0 Å².